The highest BCUT2D eigenvalue weighted by Gasteiger charge is 2.13. The molecule has 0 saturated heterocycles. The van der Waals surface area contributed by atoms with Crippen molar-refractivity contribution in [1.29, 1.82) is 0 Å². The maximum atomic E-state index is 12.9. The average molecular weight is 274 g/mol. The van der Waals surface area contributed by atoms with Crippen LogP contribution in [0.5, 0.6) is 0 Å². The van der Waals surface area contributed by atoms with Crippen LogP contribution in [0, 0.1) is 48.8 Å². The van der Waals surface area contributed by atoms with E-state index in [9.17, 15) is 4.39 Å². The Kier molecular flexibility index (Phi) is 9.70. The van der Waals surface area contributed by atoms with Gasteiger partial charge in [0.1, 0.15) is 5.82 Å². The van der Waals surface area contributed by atoms with E-state index in [-0.39, 0.29) is 15.9 Å². The van der Waals surface area contributed by atoms with Crippen LogP contribution in [0.3, 0.4) is 0 Å². The van der Waals surface area contributed by atoms with Crippen molar-refractivity contribution >= 4 is 0 Å². The molecule has 0 N–H and O–H groups in total. The Morgan fingerprint density at radius 3 is 2.10 bits per heavy atom. The number of rotatable bonds is 0. The summed E-state index contributed by atoms with van der Waals surface area (Å²) in [5.41, 5.74) is 2.02. The van der Waals surface area contributed by atoms with Gasteiger partial charge in [-0.2, -0.15) is 0 Å². The molecule has 20 heavy (non-hydrogen) atoms. The molecule has 0 radical (unpaired) electrons. The molecule has 0 aliphatic heterocycles. The minimum atomic E-state index is -0.122. The van der Waals surface area contributed by atoms with Gasteiger partial charge in [-0.3, -0.25) is 4.70 Å². The smallest absolute Gasteiger partial charge is 0.126 e. The van der Waals surface area contributed by atoms with E-state index in [4.69, 9.17) is 6.42 Å². The van der Waals surface area contributed by atoms with Crippen LogP contribution in [0.4, 0.5) is 9.09 Å². The molecule has 1 rings (SSSR count). The van der Waals surface area contributed by atoms with Crippen LogP contribution in [-0.2, 0) is 5.41 Å². The molecule has 1 aromatic rings. The highest BCUT2D eigenvalue weighted by Crippen LogP contribution is 2.23. The summed E-state index contributed by atoms with van der Waals surface area (Å²) in [6.07, 6.45) is 4.78. The summed E-state index contributed by atoms with van der Waals surface area (Å²) >= 11 is 0. The summed E-state index contributed by atoms with van der Waals surface area (Å²) < 4.78 is 12.9. The lowest BCUT2D eigenvalue weighted by molar-refractivity contribution is 0.579. The minimum absolute atomic E-state index is 0. The number of terminal acetylenes is 1. The van der Waals surface area contributed by atoms with E-state index >= 15 is 0 Å². The molecule has 0 aliphatic carbocycles. The Morgan fingerprint density at radius 1 is 1.10 bits per heavy atom. The van der Waals surface area contributed by atoms with Crippen molar-refractivity contribution in [1.82, 2.24) is 0 Å². The third kappa shape index (κ3) is 7.97. The highest BCUT2D eigenvalue weighted by molar-refractivity contribution is 5.33. The zero-order valence-electron chi connectivity index (χ0n) is 12.6. The van der Waals surface area contributed by atoms with Gasteiger partial charge in [-0.15, -0.1) is 6.42 Å². The van der Waals surface area contributed by atoms with Gasteiger partial charge in [0.2, 0.25) is 0 Å². The van der Waals surface area contributed by atoms with Gasteiger partial charge < -0.3 is 0 Å². The first-order chi connectivity index (χ1) is 8.82. The van der Waals surface area contributed by atoms with E-state index < -0.39 is 0 Å². The molecule has 0 heterocycles. The van der Waals surface area contributed by atoms with Crippen molar-refractivity contribution in [3.05, 3.63) is 35.1 Å². The van der Waals surface area contributed by atoms with Crippen molar-refractivity contribution in [2.45, 2.75) is 40.0 Å². The second-order valence-corrected chi connectivity index (χ2v) is 4.98. The molecule has 0 unspecified atom stereocenters. The van der Waals surface area contributed by atoms with Gasteiger partial charge >= 0.3 is 0 Å². The molecule has 0 bridgehead atoms. The van der Waals surface area contributed by atoms with E-state index in [1.807, 2.05) is 12.1 Å². The third-order valence-electron chi connectivity index (χ3n) is 2.35. The lowest BCUT2D eigenvalue weighted by atomic mass is 9.86. The summed E-state index contributed by atoms with van der Waals surface area (Å²) in [6, 6.07) is 5.30. The van der Waals surface area contributed by atoms with Gasteiger partial charge in [0.25, 0.3) is 0 Å². The van der Waals surface area contributed by atoms with Crippen LogP contribution >= 0.6 is 0 Å². The molecule has 0 aliphatic rings. The second-order valence-electron chi connectivity index (χ2n) is 4.98. The van der Waals surface area contributed by atoms with E-state index in [2.05, 4.69) is 50.4 Å². The number of hydrogen-bond acceptors (Lipinski definition) is 0. The van der Waals surface area contributed by atoms with Gasteiger partial charge in [-0.25, -0.2) is 4.39 Å². The molecule has 0 aromatic heterocycles. The molecule has 2 heteroatoms. The van der Waals surface area contributed by atoms with Gasteiger partial charge in [0.15, 0.2) is 0 Å². The fourth-order valence-corrected chi connectivity index (χ4v) is 1.24. The number of aryl methyl sites for hydroxylation is 1. The number of halogens is 2. The van der Waals surface area contributed by atoms with E-state index in [0.29, 0.717) is 0 Å². The van der Waals surface area contributed by atoms with E-state index in [0.717, 1.165) is 5.56 Å². The normalized spacial score (nSPS) is 8.25. The molecule has 1 aromatic carbocycles. The van der Waals surface area contributed by atoms with Crippen molar-refractivity contribution in [3.63, 3.8) is 0 Å². The molecule has 0 amide bonds. The quantitative estimate of drug-likeness (QED) is 0.621. The molecule has 0 saturated carbocycles. The maximum Gasteiger partial charge on any atom is 0.126 e. The predicted octanol–water partition coefficient (Wildman–Crippen LogP) is 4.23. The fraction of sp³-hybridized carbons (Fsp3) is 0.333. The lowest BCUT2D eigenvalue weighted by Gasteiger charge is -2.19. The minimum Gasteiger partial charge on any atom is -0.269 e. The van der Waals surface area contributed by atoms with Crippen LogP contribution in [0.2, 0.25) is 0 Å². The van der Waals surface area contributed by atoms with Crippen molar-refractivity contribution in [2.24, 2.45) is 0 Å². The Bertz CT molecular complexity index is 576. The Balaban J connectivity index is 0. The van der Waals surface area contributed by atoms with Gasteiger partial charge in [-0.1, -0.05) is 38.8 Å². The summed E-state index contributed by atoms with van der Waals surface area (Å²) in [5, 5.41) is 0. The molecule has 0 fully saturated rings. The van der Waals surface area contributed by atoms with Crippen molar-refractivity contribution in [3.8, 4) is 36.0 Å². The monoisotopic (exact) mass is 274 g/mol. The van der Waals surface area contributed by atoms with Gasteiger partial charge in [0, 0.05) is 0 Å². The lowest BCUT2D eigenvalue weighted by Crippen LogP contribution is -2.11. The zero-order chi connectivity index (χ0) is 14.9. The summed E-state index contributed by atoms with van der Waals surface area (Å²) in [7, 11) is 0. The molecular weight excluding hydrogens is 254 g/mol. The maximum absolute atomic E-state index is 12.9. The van der Waals surface area contributed by atoms with Crippen molar-refractivity contribution < 1.29 is 9.09 Å². The van der Waals surface area contributed by atoms with Gasteiger partial charge in [0.05, 0.1) is 0 Å². The van der Waals surface area contributed by atoms with Crippen LogP contribution in [-0.4, -0.2) is 0 Å². The van der Waals surface area contributed by atoms with E-state index in [1.165, 1.54) is 11.6 Å². The summed E-state index contributed by atoms with van der Waals surface area (Å²) in [5.74, 6) is 11.9. The molecule has 0 atom stereocenters. The topological polar surface area (TPSA) is 0 Å². The molecule has 0 spiro atoms. The Labute approximate surface area is 121 Å². The Morgan fingerprint density at radius 2 is 1.70 bits per heavy atom. The predicted molar refractivity (Wildman–Crippen MR) is 82.4 cm³/mol. The first-order valence-corrected chi connectivity index (χ1v) is 5.97. The van der Waals surface area contributed by atoms with Crippen LogP contribution in [0.25, 0.3) is 0 Å². The highest BCUT2D eigenvalue weighted by atomic mass is 19.1. The summed E-state index contributed by atoms with van der Waals surface area (Å²) in [6.45, 7) is 9.88. The molecule has 106 valence electrons. The SMILES string of the molecule is C#CC#CC#CC.Cc1cc(C(C)(C)C)ccc1F.F. The number of hydrogen-bond donors (Lipinski definition) is 0. The zero-order valence-corrected chi connectivity index (χ0v) is 12.6. The van der Waals surface area contributed by atoms with Crippen molar-refractivity contribution in [2.75, 3.05) is 0 Å². The second kappa shape index (κ2) is 9.66. The fourth-order valence-electron chi connectivity index (χ4n) is 1.24. The first kappa shape index (κ1) is 20.1. The Hall–Kier alpha value is -2.24. The summed E-state index contributed by atoms with van der Waals surface area (Å²) in [4.78, 5) is 0. The first-order valence-electron chi connectivity index (χ1n) is 5.97. The standard InChI is InChI=1S/C11H15F.C7H4.FH/c1-8-7-9(11(2,3)4)5-6-10(8)12;1-3-5-7-6-4-2;/h5-7H,1-4H3;1H,2H3;1H. The molecular formula is C18H20F2. The van der Waals surface area contributed by atoms with Crippen LogP contribution in [0.1, 0.15) is 38.8 Å². The van der Waals surface area contributed by atoms with Crippen LogP contribution in [0.15, 0.2) is 18.2 Å². The molecule has 0 nitrogen and oxygen atoms in total. The van der Waals surface area contributed by atoms with Gasteiger partial charge in [-0.05, 0) is 60.1 Å². The van der Waals surface area contributed by atoms with Crippen LogP contribution < -0.4 is 0 Å². The average Bonchev–Trinajstić information content (AvgIpc) is 2.33. The number of benzene rings is 1. The third-order valence-corrected chi connectivity index (χ3v) is 2.35. The van der Waals surface area contributed by atoms with E-state index in [1.54, 1.807) is 13.8 Å². The largest absolute Gasteiger partial charge is 0.269 e.